The molecule has 27 heavy (non-hydrogen) atoms. The fourth-order valence-electron chi connectivity index (χ4n) is 3.37. The molecule has 0 radical (unpaired) electrons. The standard InChI is InChI=1S/C22H11N2PS2/c23-12-15-7-6-14(10-16(15)13-24)20-11-19-22(27-20)21-18(8-9-26-21)25(19)17-4-2-1-3-5-17/h1-11H. The normalized spacial score (nSPS) is 11.6. The maximum Gasteiger partial charge on any atom is 0.101 e. The van der Waals surface area contributed by atoms with Gasteiger partial charge in [0.15, 0.2) is 0 Å². The smallest absolute Gasteiger partial charge is 0.101 e. The largest absolute Gasteiger partial charge is 0.192 e. The Hall–Kier alpha value is -2.88. The predicted octanol–water partition coefficient (Wildman–Crippen LogP) is 7.50. The van der Waals surface area contributed by atoms with Crippen LogP contribution in [0.25, 0.3) is 35.4 Å². The van der Waals surface area contributed by atoms with Crippen LogP contribution in [0.1, 0.15) is 11.1 Å². The van der Waals surface area contributed by atoms with E-state index in [1.54, 1.807) is 28.7 Å². The number of rotatable bonds is 2. The lowest BCUT2D eigenvalue weighted by Crippen LogP contribution is -1.84. The van der Waals surface area contributed by atoms with Crippen molar-refractivity contribution in [2.24, 2.45) is 0 Å². The monoisotopic (exact) mass is 398 g/mol. The van der Waals surface area contributed by atoms with E-state index < -0.39 is 7.53 Å². The molecule has 5 heteroatoms. The van der Waals surface area contributed by atoms with Gasteiger partial charge in [-0.2, -0.15) is 10.5 Å². The summed E-state index contributed by atoms with van der Waals surface area (Å²) >= 11 is 3.59. The van der Waals surface area contributed by atoms with E-state index in [4.69, 9.17) is 5.26 Å². The van der Waals surface area contributed by atoms with Gasteiger partial charge in [0, 0.05) is 15.1 Å². The van der Waals surface area contributed by atoms with Crippen molar-refractivity contribution in [2.45, 2.75) is 0 Å². The Morgan fingerprint density at radius 3 is 2.37 bits per heavy atom. The van der Waals surface area contributed by atoms with E-state index in [-0.39, 0.29) is 0 Å². The van der Waals surface area contributed by atoms with Crippen LogP contribution in [0.3, 0.4) is 0 Å². The molecule has 1 atom stereocenters. The SMILES string of the molecule is N#Cc1ccc(-c2cc3c(s2)c2sccc2p3-c2ccccc2)cc1C#N. The molecular formula is C22H11N2PS2. The highest BCUT2D eigenvalue weighted by Crippen LogP contribution is 2.59. The summed E-state index contributed by atoms with van der Waals surface area (Å²) in [6.07, 6.45) is 0. The highest BCUT2D eigenvalue weighted by Gasteiger charge is 2.18. The molecule has 3 heterocycles. The lowest BCUT2D eigenvalue weighted by Gasteiger charge is -2.02. The Morgan fingerprint density at radius 2 is 1.59 bits per heavy atom. The average Bonchev–Trinajstić information content (AvgIpc) is 3.40. The van der Waals surface area contributed by atoms with Crippen LogP contribution in [0.2, 0.25) is 0 Å². The lowest BCUT2D eigenvalue weighted by molar-refractivity contribution is 1.43. The van der Waals surface area contributed by atoms with Crippen LogP contribution in [0.4, 0.5) is 0 Å². The molecule has 0 aliphatic carbocycles. The molecule has 0 saturated carbocycles. The van der Waals surface area contributed by atoms with Crippen LogP contribution in [0.15, 0.2) is 66.0 Å². The van der Waals surface area contributed by atoms with Crippen molar-refractivity contribution in [2.75, 3.05) is 0 Å². The van der Waals surface area contributed by atoms with Crippen molar-refractivity contribution in [1.82, 2.24) is 0 Å². The number of hydrogen-bond donors (Lipinski definition) is 0. The van der Waals surface area contributed by atoms with Crippen molar-refractivity contribution >= 4 is 49.8 Å². The van der Waals surface area contributed by atoms with Crippen LogP contribution in [0.5, 0.6) is 0 Å². The zero-order valence-corrected chi connectivity index (χ0v) is 16.5. The third-order valence-corrected chi connectivity index (χ3v) is 9.67. The fourth-order valence-corrected chi connectivity index (χ4v) is 8.98. The zero-order chi connectivity index (χ0) is 18.4. The Morgan fingerprint density at radius 1 is 0.778 bits per heavy atom. The van der Waals surface area contributed by atoms with Gasteiger partial charge in [-0.1, -0.05) is 43.9 Å². The van der Waals surface area contributed by atoms with Gasteiger partial charge >= 0.3 is 0 Å². The van der Waals surface area contributed by atoms with Gasteiger partial charge in [0.25, 0.3) is 0 Å². The van der Waals surface area contributed by atoms with Gasteiger partial charge < -0.3 is 0 Å². The molecule has 0 aliphatic heterocycles. The van der Waals surface area contributed by atoms with E-state index >= 15 is 0 Å². The molecule has 0 fully saturated rings. The second-order valence-electron chi connectivity index (χ2n) is 6.11. The van der Waals surface area contributed by atoms with Crippen molar-refractivity contribution in [3.05, 3.63) is 77.2 Å². The van der Waals surface area contributed by atoms with E-state index in [0.717, 1.165) is 10.4 Å². The van der Waals surface area contributed by atoms with Gasteiger partial charge in [-0.15, -0.1) is 22.7 Å². The van der Waals surface area contributed by atoms with Crippen LogP contribution >= 0.6 is 30.2 Å². The second kappa shape index (κ2) is 6.38. The Labute approximate surface area is 165 Å². The first kappa shape index (κ1) is 16.3. The molecule has 3 aromatic heterocycles. The summed E-state index contributed by atoms with van der Waals surface area (Å²) in [5, 5.41) is 24.9. The van der Waals surface area contributed by atoms with Gasteiger partial charge in [-0.3, -0.25) is 0 Å². The summed E-state index contributed by atoms with van der Waals surface area (Å²) in [5.41, 5.74) is 1.87. The summed E-state index contributed by atoms with van der Waals surface area (Å²) in [4.78, 5) is 1.16. The van der Waals surface area contributed by atoms with Crippen molar-refractivity contribution < 1.29 is 0 Å². The Kier molecular flexibility index (Phi) is 3.85. The molecule has 126 valence electrons. The topological polar surface area (TPSA) is 47.6 Å². The van der Waals surface area contributed by atoms with Crippen molar-refractivity contribution in [1.29, 1.82) is 10.5 Å². The van der Waals surface area contributed by atoms with E-state index in [9.17, 15) is 5.26 Å². The highest BCUT2D eigenvalue weighted by molar-refractivity contribution is 7.69. The first-order chi connectivity index (χ1) is 13.3. The Balaban J connectivity index is 1.77. The summed E-state index contributed by atoms with van der Waals surface area (Å²) in [6, 6.07) is 25.0. The van der Waals surface area contributed by atoms with E-state index in [1.807, 2.05) is 12.1 Å². The van der Waals surface area contributed by atoms with Gasteiger partial charge in [0.2, 0.25) is 0 Å². The maximum atomic E-state index is 9.34. The summed E-state index contributed by atoms with van der Waals surface area (Å²) in [7, 11) is -0.522. The number of nitriles is 2. The van der Waals surface area contributed by atoms with E-state index in [2.05, 4.69) is 60.0 Å². The first-order valence-corrected chi connectivity index (χ1v) is 11.4. The second-order valence-corrected chi connectivity index (χ2v) is 10.2. The third kappa shape index (κ3) is 2.51. The van der Waals surface area contributed by atoms with Gasteiger partial charge in [-0.25, -0.2) is 0 Å². The Bertz CT molecular complexity index is 1390. The van der Waals surface area contributed by atoms with Crippen molar-refractivity contribution in [3.63, 3.8) is 0 Å². The number of nitrogens with zero attached hydrogens (tertiary/aromatic N) is 2. The number of fused-ring (bicyclic) bond motifs is 3. The summed E-state index contributed by atoms with van der Waals surface area (Å²) in [6.45, 7) is 0. The number of thiophene rings is 2. The molecule has 5 aromatic rings. The van der Waals surface area contributed by atoms with Crippen LogP contribution in [0, 0.1) is 22.7 Å². The summed E-state index contributed by atoms with van der Waals surface area (Å²) < 4.78 is 2.73. The van der Waals surface area contributed by atoms with Gasteiger partial charge in [0.05, 0.1) is 20.5 Å². The minimum absolute atomic E-state index is 0.428. The first-order valence-electron chi connectivity index (χ1n) is 8.31. The van der Waals surface area contributed by atoms with Gasteiger partial charge in [0.1, 0.15) is 12.1 Å². The molecule has 0 bridgehead atoms. The van der Waals surface area contributed by atoms with E-state index in [1.165, 1.54) is 24.9 Å². The predicted molar refractivity (Wildman–Crippen MR) is 116 cm³/mol. The molecule has 0 amide bonds. The minimum atomic E-state index is -0.522. The van der Waals surface area contributed by atoms with Gasteiger partial charge in [-0.05, 0) is 40.5 Å². The maximum absolute atomic E-state index is 9.34. The van der Waals surface area contributed by atoms with Crippen LogP contribution in [-0.2, 0) is 0 Å². The minimum Gasteiger partial charge on any atom is -0.192 e. The number of benzene rings is 2. The molecule has 2 aromatic carbocycles. The molecule has 0 spiro atoms. The fraction of sp³-hybridized carbons (Fsp3) is 0. The molecule has 5 rings (SSSR count). The molecule has 1 unspecified atom stereocenters. The number of hydrogen-bond acceptors (Lipinski definition) is 4. The molecule has 0 aliphatic rings. The third-order valence-electron chi connectivity index (χ3n) is 4.60. The molecule has 0 N–H and O–H groups in total. The highest BCUT2D eigenvalue weighted by atomic mass is 32.1. The summed E-state index contributed by atoms with van der Waals surface area (Å²) in [5.74, 6) is 0. The van der Waals surface area contributed by atoms with Crippen LogP contribution in [-0.4, -0.2) is 0 Å². The van der Waals surface area contributed by atoms with E-state index in [0.29, 0.717) is 11.1 Å². The van der Waals surface area contributed by atoms with Crippen LogP contribution < -0.4 is 0 Å². The van der Waals surface area contributed by atoms with Crippen molar-refractivity contribution in [3.8, 4) is 27.9 Å². The lowest BCUT2D eigenvalue weighted by atomic mass is 10.0. The average molecular weight is 398 g/mol. The molecule has 2 nitrogen and oxygen atoms in total. The molecule has 0 saturated heterocycles. The molecular weight excluding hydrogens is 387 g/mol. The quantitative estimate of drug-likeness (QED) is 0.309. The zero-order valence-electron chi connectivity index (χ0n) is 14.0.